The lowest BCUT2D eigenvalue weighted by atomic mass is 9.94. The van der Waals surface area contributed by atoms with Gasteiger partial charge in [-0.05, 0) is 103 Å². The van der Waals surface area contributed by atoms with Gasteiger partial charge in [0.15, 0.2) is 0 Å². The van der Waals surface area contributed by atoms with Crippen LogP contribution in [0.5, 0.6) is 0 Å². The second-order valence-electron chi connectivity index (χ2n) is 13.0. The summed E-state index contributed by atoms with van der Waals surface area (Å²) in [5.41, 5.74) is 12.1. The van der Waals surface area contributed by atoms with E-state index in [4.69, 9.17) is 0 Å². The smallest absolute Gasteiger partial charge is 0.258 e. The largest absolute Gasteiger partial charge is 0.269 e. The number of nitro benzene ring substituents is 2. The van der Waals surface area contributed by atoms with E-state index in [9.17, 15) is 20.2 Å². The molecule has 0 spiro atoms. The van der Waals surface area contributed by atoms with E-state index in [1.807, 2.05) is 84.9 Å². The predicted octanol–water partition coefficient (Wildman–Crippen LogP) is 13.0. The van der Waals surface area contributed by atoms with Gasteiger partial charge in [-0.3, -0.25) is 20.2 Å². The Labute approximate surface area is 325 Å². The first-order valence-electron chi connectivity index (χ1n) is 18.1. The van der Waals surface area contributed by atoms with Crippen LogP contribution in [-0.2, 0) is 0 Å². The lowest BCUT2D eigenvalue weighted by Crippen LogP contribution is -1.92. The summed E-state index contributed by atoms with van der Waals surface area (Å²) in [6, 6.07) is 58.1. The van der Waals surface area contributed by atoms with Crippen molar-refractivity contribution in [1.29, 1.82) is 0 Å². The minimum absolute atomic E-state index is 0.0576. The molecule has 0 aliphatic carbocycles. The maximum absolute atomic E-state index is 11.3. The van der Waals surface area contributed by atoms with E-state index in [-0.39, 0.29) is 21.2 Å². The topological polar surface area (TPSA) is 86.3 Å². The SMILES string of the molecule is O=[N+]([O-])c1ccc(/C(=C\c2ccccc2C=Cc2ccc(C=Cc3ccccc3/C=C(/c3ccccc3)c3ccc([N+](=O)[O-])cc3)cc2)c2ccccc2)cc1. The molecule has 7 aromatic rings. The zero-order chi connectivity index (χ0) is 38.7. The Bertz CT molecular complexity index is 2410. The Hall–Kier alpha value is -7.70. The van der Waals surface area contributed by atoms with Gasteiger partial charge in [-0.2, -0.15) is 0 Å². The van der Waals surface area contributed by atoms with Gasteiger partial charge in [0.25, 0.3) is 11.4 Å². The van der Waals surface area contributed by atoms with Crippen LogP contribution in [-0.4, -0.2) is 9.85 Å². The molecule has 0 unspecified atom stereocenters. The molecular formula is C50H36N2O4. The number of non-ortho nitro benzene ring substituents is 2. The highest BCUT2D eigenvalue weighted by atomic mass is 16.6. The van der Waals surface area contributed by atoms with Gasteiger partial charge in [0.05, 0.1) is 9.85 Å². The van der Waals surface area contributed by atoms with Gasteiger partial charge in [0, 0.05) is 24.3 Å². The van der Waals surface area contributed by atoms with Gasteiger partial charge in [-0.1, -0.05) is 158 Å². The molecule has 0 fully saturated rings. The molecule has 0 aromatic heterocycles. The molecule has 0 radical (unpaired) electrons. The number of nitro groups is 2. The summed E-state index contributed by atoms with van der Waals surface area (Å²) in [7, 11) is 0. The number of nitrogens with zero attached hydrogens (tertiary/aromatic N) is 2. The standard InChI is InChI=1S/C50H36N2O4/c53-51(54)47-31-27-43(28-32-47)49(41-13-3-1-4-14-41)35-45-17-9-7-11-39(45)25-23-37-19-21-38(22-20-37)24-26-40-12-8-10-18-46(40)36-50(42-15-5-2-6-16-42)44-29-33-48(34-30-44)52(55)56/h1-36H/b25-23?,26-24?,49-35-,50-36-. The number of hydrogen-bond acceptors (Lipinski definition) is 4. The average molecular weight is 729 g/mol. The summed E-state index contributed by atoms with van der Waals surface area (Å²) in [5.74, 6) is 0. The molecule has 0 aliphatic rings. The van der Waals surface area contributed by atoms with Gasteiger partial charge in [-0.15, -0.1) is 0 Å². The first kappa shape index (κ1) is 36.6. The molecule has 7 rings (SSSR count). The maximum atomic E-state index is 11.3. The van der Waals surface area contributed by atoms with Crippen molar-refractivity contribution >= 4 is 59.0 Å². The Morgan fingerprint density at radius 1 is 0.339 bits per heavy atom. The van der Waals surface area contributed by atoms with Crippen LogP contribution in [0.25, 0.3) is 47.6 Å². The summed E-state index contributed by atoms with van der Waals surface area (Å²) >= 11 is 0. The maximum Gasteiger partial charge on any atom is 0.269 e. The van der Waals surface area contributed by atoms with Crippen LogP contribution in [0, 0.1) is 20.2 Å². The van der Waals surface area contributed by atoms with Crippen LogP contribution in [0.4, 0.5) is 11.4 Å². The van der Waals surface area contributed by atoms with Crippen LogP contribution in [0.15, 0.2) is 182 Å². The third-order valence-corrected chi connectivity index (χ3v) is 9.39. The molecular weight excluding hydrogens is 693 g/mol. The third-order valence-electron chi connectivity index (χ3n) is 9.39. The van der Waals surface area contributed by atoms with Gasteiger partial charge < -0.3 is 0 Å². The second kappa shape index (κ2) is 17.4. The molecule has 270 valence electrons. The second-order valence-corrected chi connectivity index (χ2v) is 13.0. The van der Waals surface area contributed by atoms with E-state index in [1.54, 1.807) is 48.5 Å². The Balaban J connectivity index is 1.13. The number of rotatable bonds is 12. The molecule has 6 nitrogen and oxygen atoms in total. The number of benzene rings is 7. The van der Waals surface area contributed by atoms with Crippen LogP contribution in [0.2, 0.25) is 0 Å². The van der Waals surface area contributed by atoms with Crippen LogP contribution in [0.1, 0.15) is 55.6 Å². The Morgan fingerprint density at radius 3 is 0.982 bits per heavy atom. The van der Waals surface area contributed by atoms with E-state index in [0.717, 1.165) is 66.8 Å². The van der Waals surface area contributed by atoms with Crippen molar-refractivity contribution < 1.29 is 9.85 Å². The van der Waals surface area contributed by atoms with Crippen LogP contribution >= 0.6 is 0 Å². The van der Waals surface area contributed by atoms with Gasteiger partial charge in [-0.25, -0.2) is 0 Å². The molecule has 0 saturated carbocycles. The highest BCUT2D eigenvalue weighted by Crippen LogP contribution is 2.31. The van der Waals surface area contributed by atoms with Gasteiger partial charge in [0.1, 0.15) is 0 Å². The van der Waals surface area contributed by atoms with Crippen molar-refractivity contribution in [3.63, 3.8) is 0 Å². The van der Waals surface area contributed by atoms with Crippen molar-refractivity contribution in [2.75, 3.05) is 0 Å². The van der Waals surface area contributed by atoms with E-state index in [2.05, 4.69) is 85.0 Å². The van der Waals surface area contributed by atoms with Crippen molar-refractivity contribution in [1.82, 2.24) is 0 Å². The van der Waals surface area contributed by atoms with E-state index in [1.165, 1.54) is 0 Å². The highest BCUT2D eigenvalue weighted by Gasteiger charge is 2.12. The van der Waals surface area contributed by atoms with Crippen LogP contribution in [0.3, 0.4) is 0 Å². The Kier molecular flexibility index (Phi) is 11.4. The molecule has 0 amide bonds. The molecule has 0 atom stereocenters. The van der Waals surface area contributed by atoms with E-state index < -0.39 is 0 Å². The highest BCUT2D eigenvalue weighted by molar-refractivity contribution is 5.95. The first-order valence-corrected chi connectivity index (χ1v) is 18.1. The summed E-state index contributed by atoms with van der Waals surface area (Å²) in [5, 5.41) is 22.6. The lowest BCUT2D eigenvalue weighted by Gasteiger charge is -2.10. The lowest BCUT2D eigenvalue weighted by molar-refractivity contribution is -0.385. The quantitative estimate of drug-likeness (QED) is 0.0712. The molecule has 7 aromatic carbocycles. The molecule has 0 heterocycles. The molecule has 6 heteroatoms. The fourth-order valence-electron chi connectivity index (χ4n) is 6.42. The van der Waals surface area contributed by atoms with Crippen molar-refractivity contribution in [3.8, 4) is 0 Å². The molecule has 0 aliphatic heterocycles. The third kappa shape index (κ3) is 9.08. The monoisotopic (exact) mass is 728 g/mol. The van der Waals surface area contributed by atoms with Crippen molar-refractivity contribution in [2.45, 2.75) is 0 Å². The summed E-state index contributed by atoms with van der Waals surface area (Å²) in [4.78, 5) is 21.8. The molecule has 0 N–H and O–H groups in total. The zero-order valence-corrected chi connectivity index (χ0v) is 30.3. The molecule has 56 heavy (non-hydrogen) atoms. The average Bonchev–Trinajstić information content (AvgIpc) is 3.25. The van der Waals surface area contributed by atoms with E-state index in [0.29, 0.717) is 0 Å². The molecule has 0 bridgehead atoms. The normalized spacial score (nSPS) is 11.9. The van der Waals surface area contributed by atoms with Crippen molar-refractivity contribution in [3.05, 3.63) is 258 Å². The zero-order valence-electron chi connectivity index (χ0n) is 30.3. The summed E-state index contributed by atoms with van der Waals surface area (Å²) < 4.78 is 0. The fraction of sp³-hybridized carbons (Fsp3) is 0. The fourth-order valence-corrected chi connectivity index (χ4v) is 6.42. The van der Waals surface area contributed by atoms with E-state index >= 15 is 0 Å². The van der Waals surface area contributed by atoms with Gasteiger partial charge in [0.2, 0.25) is 0 Å². The summed E-state index contributed by atoms with van der Waals surface area (Å²) in [6.07, 6.45) is 12.7. The summed E-state index contributed by atoms with van der Waals surface area (Å²) in [6.45, 7) is 0. The molecule has 0 saturated heterocycles. The van der Waals surface area contributed by atoms with Crippen LogP contribution < -0.4 is 0 Å². The minimum atomic E-state index is -0.383. The minimum Gasteiger partial charge on any atom is -0.258 e. The number of hydrogen-bond donors (Lipinski definition) is 0. The van der Waals surface area contributed by atoms with Gasteiger partial charge >= 0.3 is 0 Å². The predicted molar refractivity (Wildman–Crippen MR) is 230 cm³/mol. The first-order chi connectivity index (χ1) is 27.4. The Morgan fingerprint density at radius 2 is 0.643 bits per heavy atom. The van der Waals surface area contributed by atoms with Crippen molar-refractivity contribution in [2.24, 2.45) is 0 Å².